The predicted octanol–water partition coefficient (Wildman–Crippen LogP) is 2.27. The number of aromatic amines is 1. The maximum Gasteiger partial charge on any atom is 0.345 e. The van der Waals surface area contributed by atoms with E-state index in [1.165, 1.54) is 4.68 Å². The second-order valence-electron chi connectivity index (χ2n) is 4.74. The van der Waals surface area contributed by atoms with Crippen molar-refractivity contribution in [3.05, 3.63) is 50.9 Å². The van der Waals surface area contributed by atoms with Crippen molar-refractivity contribution < 1.29 is 9.53 Å². The van der Waals surface area contributed by atoms with Crippen LogP contribution in [0.1, 0.15) is 34.1 Å². The zero-order chi connectivity index (χ0) is 14.9. The molecule has 1 N–H and O–H groups in total. The number of ether oxygens (including phenoxy) is 1. The number of rotatable bonds is 3. The molecule has 0 fully saturated rings. The van der Waals surface area contributed by atoms with E-state index in [-0.39, 0.29) is 17.7 Å². The van der Waals surface area contributed by atoms with Crippen molar-refractivity contribution in [1.82, 2.24) is 9.78 Å². The van der Waals surface area contributed by atoms with Crippen molar-refractivity contribution >= 4 is 5.97 Å². The molecule has 20 heavy (non-hydrogen) atoms. The van der Waals surface area contributed by atoms with Gasteiger partial charge in [-0.05, 0) is 51.0 Å². The highest BCUT2D eigenvalue weighted by atomic mass is 16.5. The third-order valence-electron chi connectivity index (χ3n) is 3.30. The summed E-state index contributed by atoms with van der Waals surface area (Å²) in [5.41, 5.74) is 3.12. The second kappa shape index (κ2) is 5.36. The van der Waals surface area contributed by atoms with Crippen LogP contribution in [-0.2, 0) is 4.74 Å². The number of nitrogens with zero attached hydrogens (tertiary/aromatic N) is 1. The zero-order valence-electron chi connectivity index (χ0n) is 12.1. The van der Waals surface area contributed by atoms with Crippen LogP contribution in [0.2, 0.25) is 0 Å². The molecule has 0 saturated heterocycles. The minimum atomic E-state index is -0.589. The molecule has 1 aromatic heterocycles. The van der Waals surface area contributed by atoms with E-state index in [0.29, 0.717) is 11.4 Å². The average Bonchev–Trinajstić information content (AvgIpc) is 2.68. The number of hydrogen-bond acceptors (Lipinski definition) is 3. The summed E-state index contributed by atoms with van der Waals surface area (Å²) in [5, 5.41) is 2.92. The van der Waals surface area contributed by atoms with Crippen molar-refractivity contribution in [3.8, 4) is 5.69 Å². The SMILES string of the molecule is CCOC(=O)c1c(C)[nH]n(-c2ccc(C)c(C)c2)c1=O. The van der Waals surface area contributed by atoms with Gasteiger partial charge in [0, 0.05) is 5.69 Å². The predicted molar refractivity (Wildman–Crippen MR) is 76.6 cm³/mol. The number of benzene rings is 1. The number of esters is 1. The zero-order valence-corrected chi connectivity index (χ0v) is 12.1. The number of aromatic nitrogens is 2. The topological polar surface area (TPSA) is 64.1 Å². The first kappa shape index (κ1) is 14.1. The summed E-state index contributed by atoms with van der Waals surface area (Å²) >= 11 is 0. The standard InChI is InChI=1S/C15H18N2O3/c1-5-20-15(19)13-11(4)16-17(14(13)18)12-7-6-9(2)10(3)8-12/h6-8,16H,5H2,1-4H3. The molecule has 0 amide bonds. The summed E-state index contributed by atoms with van der Waals surface area (Å²) in [6, 6.07) is 5.69. The van der Waals surface area contributed by atoms with Crippen LogP contribution in [0, 0.1) is 20.8 Å². The number of carbonyl (C=O) groups excluding carboxylic acids is 1. The molecule has 0 unspecified atom stereocenters. The summed E-state index contributed by atoms with van der Waals surface area (Å²) in [7, 11) is 0. The highest BCUT2D eigenvalue weighted by molar-refractivity contribution is 5.90. The van der Waals surface area contributed by atoms with Gasteiger partial charge in [-0.2, -0.15) is 0 Å². The second-order valence-corrected chi connectivity index (χ2v) is 4.74. The maximum atomic E-state index is 12.3. The number of hydrogen-bond donors (Lipinski definition) is 1. The highest BCUT2D eigenvalue weighted by Crippen LogP contribution is 2.13. The fourth-order valence-corrected chi connectivity index (χ4v) is 2.04. The molecule has 5 heteroatoms. The van der Waals surface area contributed by atoms with Crippen LogP contribution in [-0.4, -0.2) is 22.4 Å². The summed E-state index contributed by atoms with van der Waals surface area (Å²) in [6.45, 7) is 7.62. The lowest BCUT2D eigenvalue weighted by molar-refractivity contribution is 0.0524. The van der Waals surface area contributed by atoms with Crippen LogP contribution >= 0.6 is 0 Å². The molecule has 0 aliphatic carbocycles. The van der Waals surface area contributed by atoms with Crippen LogP contribution in [0.4, 0.5) is 0 Å². The Hall–Kier alpha value is -2.30. The lowest BCUT2D eigenvalue weighted by Gasteiger charge is -2.05. The van der Waals surface area contributed by atoms with Crippen LogP contribution in [0.15, 0.2) is 23.0 Å². The fraction of sp³-hybridized carbons (Fsp3) is 0.333. The fourth-order valence-electron chi connectivity index (χ4n) is 2.04. The van der Waals surface area contributed by atoms with Gasteiger partial charge in [-0.1, -0.05) is 6.07 Å². The molecule has 1 heterocycles. The Kier molecular flexibility index (Phi) is 3.79. The molecule has 0 spiro atoms. The first-order chi connectivity index (χ1) is 9.45. The molecule has 1 aromatic carbocycles. The molecule has 106 valence electrons. The third kappa shape index (κ3) is 2.39. The lowest BCUT2D eigenvalue weighted by Crippen LogP contribution is -2.21. The molecular weight excluding hydrogens is 256 g/mol. The summed E-state index contributed by atoms with van der Waals surface area (Å²) in [6.07, 6.45) is 0. The molecule has 2 aromatic rings. The van der Waals surface area contributed by atoms with Crippen molar-refractivity contribution in [2.75, 3.05) is 6.61 Å². The van der Waals surface area contributed by atoms with Gasteiger partial charge in [0.05, 0.1) is 12.3 Å². The van der Waals surface area contributed by atoms with E-state index < -0.39 is 5.97 Å². The van der Waals surface area contributed by atoms with Gasteiger partial charge in [0.25, 0.3) is 5.56 Å². The maximum absolute atomic E-state index is 12.3. The third-order valence-corrected chi connectivity index (χ3v) is 3.30. The highest BCUT2D eigenvalue weighted by Gasteiger charge is 2.20. The van der Waals surface area contributed by atoms with Crippen LogP contribution in [0.25, 0.3) is 5.69 Å². The van der Waals surface area contributed by atoms with Gasteiger partial charge in [0.15, 0.2) is 0 Å². The molecule has 0 aliphatic rings. The number of H-pyrrole nitrogens is 1. The Balaban J connectivity index is 2.54. The number of nitrogens with one attached hydrogen (secondary N) is 1. The molecule has 5 nitrogen and oxygen atoms in total. The van der Waals surface area contributed by atoms with Crippen molar-refractivity contribution in [2.24, 2.45) is 0 Å². The van der Waals surface area contributed by atoms with Crippen molar-refractivity contribution in [3.63, 3.8) is 0 Å². The first-order valence-electron chi connectivity index (χ1n) is 6.52. The van der Waals surface area contributed by atoms with E-state index in [9.17, 15) is 9.59 Å². The largest absolute Gasteiger partial charge is 0.462 e. The monoisotopic (exact) mass is 274 g/mol. The van der Waals surface area contributed by atoms with Gasteiger partial charge in [0.2, 0.25) is 0 Å². The van der Waals surface area contributed by atoms with Crippen LogP contribution in [0.3, 0.4) is 0 Å². The van der Waals surface area contributed by atoms with Gasteiger partial charge in [-0.25, -0.2) is 9.48 Å². The average molecular weight is 274 g/mol. The summed E-state index contributed by atoms with van der Waals surface area (Å²) in [5.74, 6) is -0.589. The summed E-state index contributed by atoms with van der Waals surface area (Å²) in [4.78, 5) is 24.1. The molecule has 0 bridgehead atoms. The molecular formula is C15H18N2O3. The Morgan fingerprint density at radius 3 is 2.55 bits per heavy atom. The first-order valence-corrected chi connectivity index (χ1v) is 6.52. The van der Waals surface area contributed by atoms with Crippen molar-refractivity contribution in [1.29, 1.82) is 0 Å². The Morgan fingerprint density at radius 1 is 1.25 bits per heavy atom. The van der Waals surface area contributed by atoms with Gasteiger partial charge < -0.3 is 4.74 Å². The number of carbonyl (C=O) groups is 1. The van der Waals surface area contributed by atoms with E-state index in [0.717, 1.165) is 11.1 Å². The van der Waals surface area contributed by atoms with Gasteiger partial charge >= 0.3 is 5.97 Å². The van der Waals surface area contributed by atoms with Crippen LogP contribution in [0.5, 0.6) is 0 Å². The Bertz CT molecular complexity index is 710. The Labute approximate surface area is 117 Å². The van der Waals surface area contributed by atoms with Crippen molar-refractivity contribution in [2.45, 2.75) is 27.7 Å². The normalized spacial score (nSPS) is 10.6. The minimum absolute atomic E-state index is 0.0603. The van der Waals surface area contributed by atoms with Gasteiger partial charge in [0.1, 0.15) is 5.56 Å². The molecule has 0 aliphatic heterocycles. The lowest BCUT2D eigenvalue weighted by atomic mass is 10.1. The Morgan fingerprint density at radius 2 is 1.95 bits per heavy atom. The molecule has 0 radical (unpaired) electrons. The van der Waals surface area contributed by atoms with E-state index in [1.807, 2.05) is 32.0 Å². The van der Waals surface area contributed by atoms with E-state index in [2.05, 4.69) is 5.10 Å². The summed E-state index contributed by atoms with van der Waals surface area (Å²) < 4.78 is 6.28. The smallest absolute Gasteiger partial charge is 0.345 e. The molecule has 0 atom stereocenters. The number of aryl methyl sites for hydroxylation is 3. The van der Waals surface area contributed by atoms with E-state index >= 15 is 0 Å². The minimum Gasteiger partial charge on any atom is -0.462 e. The molecule has 0 saturated carbocycles. The van der Waals surface area contributed by atoms with E-state index in [4.69, 9.17) is 4.74 Å². The molecule has 2 rings (SSSR count). The van der Waals surface area contributed by atoms with Crippen LogP contribution < -0.4 is 5.56 Å². The van der Waals surface area contributed by atoms with Gasteiger partial charge in [-0.15, -0.1) is 0 Å². The quantitative estimate of drug-likeness (QED) is 0.873. The van der Waals surface area contributed by atoms with Gasteiger partial charge in [-0.3, -0.25) is 9.89 Å². The van der Waals surface area contributed by atoms with E-state index in [1.54, 1.807) is 13.8 Å².